The van der Waals surface area contributed by atoms with Crippen molar-refractivity contribution < 1.29 is 10.2 Å². The number of nitrogens with zero attached hydrogens (tertiary/aromatic N) is 1. The maximum absolute atomic E-state index is 10.4. The van der Waals surface area contributed by atoms with E-state index in [9.17, 15) is 10.2 Å². The van der Waals surface area contributed by atoms with Gasteiger partial charge >= 0.3 is 0 Å². The van der Waals surface area contributed by atoms with Crippen molar-refractivity contribution in [1.82, 2.24) is 4.90 Å². The fourth-order valence-electron chi connectivity index (χ4n) is 1.69. The van der Waals surface area contributed by atoms with E-state index in [0.717, 1.165) is 12.1 Å². The molecule has 16 heavy (non-hydrogen) atoms. The van der Waals surface area contributed by atoms with Crippen molar-refractivity contribution in [3.05, 3.63) is 35.9 Å². The van der Waals surface area contributed by atoms with Crippen LogP contribution in [0.4, 0.5) is 0 Å². The lowest BCUT2D eigenvalue weighted by Crippen LogP contribution is -2.35. The molecule has 1 aromatic carbocycles. The van der Waals surface area contributed by atoms with Crippen LogP contribution in [0.3, 0.4) is 0 Å². The molecule has 89 valence electrons. The molecule has 0 aliphatic carbocycles. The topological polar surface area (TPSA) is 43.4 Å². The second-order valence-corrected chi connectivity index (χ2v) is 4.13. The molecule has 2 atom stereocenters. The molecule has 0 spiro atoms. The Bertz CT molecular complexity index is 289. The number of benzene rings is 1. The van der Waals surface area contributed by atoms with Gasteiger partial charge in [0.05, 0.1) is 12.7 Å². The molecule has 1 aromatic rings. The molecule has 0 fully saturated rings. The van der Waals surface area contributed by atoms with Crippen LogP contribution >= 0.6 is 0 Å². The third kappa shape index (κ3) is 3.59. The fourth-order valence-corrected chi connectivity index (χ4v) is 1.69. The summed E-state index contributed by atoms with van der Waals surface area (Å²) in [6, 6.07) is 9.63. The summed E-state index contributed by atoms with van der Waals surface area (Å²) in [4.78, 5) is 2.02. The molecule has 0 saturated heterocycles. The number of rotatable bonds is 6. The van der Waals surface area contributed by atoms with Crippen LogP contribution in [0.25, 0.3) is 0 Å². The minimum Gasteiger partial charge on any atom is -0.387 e. The summed E-state index contributed by atoms with van der Waals surface area (Å²) in [5.74, 6) is 0. The van der Waals surface area contributed by atoms with Crippen molar-refractivity contribution in [3.63, 3.8) is 0 Å². The SMILES string of the molecule is CC(C(O)c1ccccc1)N(C)CCC[O]. The van der Waals surface area contributed by atoms with Crippen molar-refractivity contribution in [3.8, 4) is 0 Å². The summed E-state index contributed by atoms with van der Waals surface area (Å²) in [6.45, 7) is 2.65. The second kappa shape index (κ2) is 6.63. The molecule has 3 heteroatoms. The Balaban J connectivity index is 2.56. The Kier molecular flexibility index (Phi) is 5.46. The molecule has 1 rings (SSSR count). The summed E-state index contributed by atoms with van der Waals surface area (Å²) >= 11 is 0. The van der Waals surface area contributed by atoms with Crippen molar-refractivity contribution in [2.75, 3.05) is 20.2 Å². The minimum atomic E-state index is -0.502. The zero-order chi connectivity index (χ0) is 12.0. The molecule has 0 aliphatic rings. The van der Waals surface area contributed by atoms with E-state index in [1.165, 1.54) is 0 Å². The number of aliphatic hydroxyl groups excluding tert-OH is 1. The van der Waals surface area contributed by atoms with Crippen LogP contribution in [-0.2, 0) is 5.11 Å². The van der Waals surface area contributed by atoms with E-state index >= 15 is 0 Å². The molecular formula is C13H20NO2. The summed E-state index contributed by atoms with van der Waals surface area (Å²) in [5, 5.41) is 20.5. The third-order valence-corrected chi connectivity index (χ3v) is 2.95. The predicted molar refractivity (Wildman–Crippen MR) is 63.7 cm³/mol. The van der Waals surface area contributed by atoms with Crippen LogP contribution in [-0.4, -0.2) is 36.2 Å². The highest BCUT2D eigenvalue weighted by Gasteiger charge is 2.19. The van der Waals surface area contributed by atoms with E-state index in [0.29, 0.717) is 6.42 Å². The average molecular weight is 222 g/mol. The highest BCUT2D eigenvalue weighted by molar-refractivity contribution is 5.18. The highest BCUT2D eigenvalue weighted by atomic mass is 16.3. The fraction of sp³-hybridized carbons (Fsp3) is 0.538. The second-order valence-electron chi connectivity index (χ2n) is 4.13. The molecule has 0 bridgehead atoms. The first-order chi connectivity index (χ1) is 7.66. The van der Waals surface area contributed by atoms with Crippen LogP contribution in [0.1, 0.15) is 25.0 Å². The number of likely N-dealkylation sites (N-methyl/N-ethyl adjacent to an activating group) is 1. The van der Waals surface area contributed by atoms with Gasteiger partial charge in [-0.15, -0.1) is 0 Å². The van der Waals surface area contributed by atoms with Gasteiger partial charge in [-0.3, -0.25) is 0 Å². The first-order valence-corrected chi connectivity index (χ1v) is 5.68. The average Bonchev–Trinajstić information content (AvgIpc) is 2.35. The molecule has 0 saturated carbocycles. The summed E-state index contributed by atoms with van der Waals surface area (Å²) in [6.07, 6.45) is 0.125. The zero-order valence-electron chi connectivity index (χ0n) is 9.97. The first kappa shape index (κ1) is 13.2. The summed E-state index contributed by atoms with van der Waals surface area (Å²) in [5.41, 5.74) is 0.920. The van der Waals surface area contributed by atoms with Crippen molar-refractivity contribution >= 4 is 0 Å². The van der Waals surface area contributed by atoms with Gasteiger partial charge in [-0.1, -0.05) is 30.3 Å². The Hall–Kier alpha value is -0.900. The number of hydrogen-bond donors (Lipinski definition) is 1. The summed E-state index contributed by atoms with van der Waals surface area (Å²) in [7, 11) is 1.94. The van der Waals surface area contributed by atoms with Gasteiger partial charge in [0.2, 0.25) is 0 Å². The lowest BCUT2D eigenvalue weighted by molar-refractivity contribution is 0.0660. The maximum Gasteiger partial charge on any atom is 0.0942 e. The van der Waals surface area contributed by atoms with Gasteiger partial charge in [-0.2, -0.15) is 0 Å². The molecule has 0 aliphatic heterocycles. The van der Waals surface area contributed by atoms with E-state index in [-0.39, 0.29) is 12.6 Å². The van der Waals surface area contributed by atoms with Gasteiger partial charge in [0, 0.05) is 12.6 Å². The van der Waals surface area contributed by atoms with Crippen LogP contribution in [0.2, 0.25) is 0 Å². The van der Waals surface area contributed by atoms with Crippen LogP contribution in [0.15, 0.2) is 30.3 Å². The molecule has 1 N–H and O–H groups in total. The van der Waals surface area contributed by atoms with Crippen LogP contribution in [0, 0.1) is 0 Å². The van der Waals surface area contributed by atoms with E-state index in [4.69, 9.17) is 0 Å². The van der Waals surface area contributed by atoms with Gasteiger partial charge in [0.15, 0.2) is 0 Å². The Morgan fingerprint density at radius 3 is 2.50 bits per heavy atom. The minimum absolute atomic E-state index is 0.0222. The molecular weight excluding hydrogens is 202 g/mol. The number of aliphatic hydroxyl groups is 1. The van der Waals surface area contributed by atoms with Gasteiger partial charge < -0.3 is 10.0 Å². The van der Waals surface area contributed by atoms with E-state index < -0.39 is 6.10 Å². The quantitative estimate of drug-likeness (QED) is 0.798. The van der Waals surface area contributed by atoms with Crippen molar-refractivity contribution in [2.45, 2.75) is 25.5 Å². The van der Waals surface area contributed by atoms with Crippen molar-refractivity contribution in [2.24, 2.45) is 0 Å². The highest BCUT2D eigenvalue weighted by Crippen LogP contribution is 2.19. The van der Waals surface area contributed by atoms with E-state index in [1.807, 2.05) is 49.2 Å². The van der Waals surface area contributed by atoms with Gasteiger partial charge in [-0.25, -0.2) is 5.11 Å². The third-order valence-electron chi connectivity index (χ3n) is 2.95. The molecule has 2 unspecified atom stereocenters. The first-order valence-electron chi connectivity index (χ1n) is 5.68. The van der Waals surface area contributed by atoms with E-state index in [1.54, 1.807) is 0 Å². The summed E-state index contributed by atoms with van der Waals surface area (Å²) < 4.78 is 0. The van der Waals surface area contributed by atoms with Crippen LogP contribution < -0.4 is 0 Å². The Morgan fingerprint density at radius 2 is 1.94 bits per heavy atom. The van der Waals surface area contributed by atoms with Gasteiger partial charge in [-0.05, 0) is 26.0 Å². The maximum atomic E-state index is 10.4. The molecule has 0 aromatic heterocycles. The molecule has 0 amide bonds. The lowest BCUT2D eigenvalue weighted by atomic mass is 10.0. The lowest BCUT2D eigenvalue weighted by Gasteiger charge is -2.28. The monoisotopic (exact) mass is 222 g/mol. The van der Waals surface area contributed by atoms with E-state index in [2.05, 4.69) is 0 Å². The number of hydrogen-bond acceptors (Lipinski definition) is 2. The normalized spacial score (nSPS) is 15.1. The largest absolute Gasteiger partial charge is 0.387 e. The molecule has 0 heterocycles. The predicted octanol–water partition coefficient (Wildman–Crippen LogP) is 1.86. The zero-order valence-corrected chi connectivity index (χ0v) is 9.97. The van der Waals surface area contributed by atoms with Gasteiger partial charge in [0.1, 0.15) is 0 Å². The van der Waals surface area contributed by atoms with Crippen molar-refractivity contribution in [1.29, 1.82) is 0 Å². The smallest absolute Gasteiger partial charge is 0.0942 e. The Labute approximate surface area is 97.3 Å². The Morgan fingerprint density at radius 1 is 1.31 bits per heavy atom. The van der Waals surface area contributed by atoms with Crippen LogP contribution in [0.5, 0.6) is 0 Å². The molecule has 1 radical (unpaired) electrons. The molecule has 3 nitrogen and oxygen atoms in total. The standard InChI is InChI=1S/C13H20NO2/c1-11(14(2)9-6-10-15)13(16)12-7-4-3-5-8-12/h3-5,7-8,11,13,16H,6,9-10H2,1-2H3. The van der Waals surface area contributed by atoms with Gasteiger partial charge in [0.25, 0.3) is 0 Å².